The molecule has 44 heavy (non-hydrogen) atoms. The number of amides is 1. The zero-order valence-corrected chi connectivity index (χ0v) is 24.4. The monoisotopic (exact) mass is 616 g/mol. The lowest BCUT2D eigenvalue weighted by molar-refractivity contribution is -0.181. The van der Waals surface area contributed by atoms with Crippen LogP contribution in [0.1, 0.15) is 25.1 Å². The molecule has 1 fully saturated rings. The van der Waals surface area contributed by atoms with E-state index in [-0.39, 0.29) is 23.5 Å². The Morgan fingerprint density at radius 1 is 1.09 bits per heavy atom. The number of carbonyl (C=O) groups excluding carboxylic acids is 1. The second kappa shape index (κ2) is 12.7. The smallest absolute Gasteiger partial charge is 0.399 e. The van der Waals surface area contributed by atoms with Gasteiger partial charge in [0.1, 0.15) is 23.7 Å². The highest BCUT2D eigenvalue weighted by Crippen LogP contribution is 2.40. The Bertz CT molecular complexity index is 1640. The number of anilines is 1. The van der Waals surface area contributed by atoms with Crippen LogP contribution in [0.5, 0.6) is 11.5 Å². The summed E-state index contributed by atoms with van der Waals surface area (Å²) in [4.78, 5) is 23.9. The van der Waals surface area contributed by atoms with Crippen molar-refractivity contribution in [1.29, 1.82) is 0 Å². The summed E-state index contributed by atoms with van der Waals surface area (Å²) in [6.45, 7) is 6.34. The minimum Gasteiger partial charge on any atom is -0.493 e. The summed E-state index contributed by atoms with van der Waals surface area (Å²) < 4.78 is 71.8. The van der Waals surface area contributed by atoms with E-state index in [1.54, 1.807) is 18.2 Å². The fourth-order valence-corrected chi connectivity index (χ4v) is 4.61. The molecule has 1 aliphatic heterocycles. The first-order valence-electron chi connectivity index (χ1n) is 13.9. The molecular formula is C30H32F4N6O4. The lowest BCUT2D eigenvalue weighted by Crippen LogP contribution is -2.38. The number of H-pyrrole nitrogens is 1. The predicted molar refractivity (Wildman–Crippen MR) is 154 cm³/mol. The highest BCUT2D eigenvalue weighted by Gasteiger charge is 2.50. The molecule has 0 radical (unpaired) electrons. The van der Waals surface area contributed by atoms with Gasteiger partial charge in [0.25, 0.3) is 0 Å². The Kier molecular flexibility index (Phi) is 9.02. The number of hydrogen-bond acceptors (Lipinski definition) is 8. The van der Waals surface area contributed by atoms with Crippen LogP contribution in [0.3, 0.4) is 0 Å². The van der Waals surface area contributed by atoms with E-state index in [1.807, 2.05) is 0 Å². The van der Waals surface area contributed by atoms with Crippen molar-refractivity contribution >= 4 is 22.8 Å². The molecule has 2 aromatic heterocycles. The molecule has 0 spiro atoms. The average molecular weight is 617 g/mol. The number of carbonyl (C=O) groups is 1. The molecule has 0 saturated carbocycles. The molecule has 14 heteroatoms. The first-order valence-corrected chi connectivity index (χ1v) is 13.9. The van der Waals surface area contributed by atoms with Gasteiger partial charge in [-0.2, -0.15) is 18.3 Å². The normalized spacial score (nSPS) is 14.5. The van der Waals surface area contributed by atoms with Crippen LogP contribution in [0.15, 0.2) is 42.6 Å². The third-order valence-corrected chi connectivity index (χ3v) is 7.50. The average Bonchev–Trinajstić information content (AvgIpc) is 3.46. The van der Waals surface area contributed by atoms with Gasteiger partial charge in [-0.05, 0) is 25.5 Å². The quantitative estimate of drug-likeness (QED) is 0.242. The molecule has 1 amide bonds. The topological polar surface area (TPSA) is 114 Å². The first-order chi connectivity index (χ1) is 20.9. The number of benzene rings is 2. The molecular weight excluding hydrogens is 584 g/mol. The van der Waals surface area contributed by atoms with E-state index in [2.05, 4.69) is 30.4 Å². The summed E-state index contributed by atoms with van der Waals surface area (Å²) in [5.74, 6) is -0.266. The van der Waals surface area contributed by atoms with Crippen LogP contribution in [-0.2, 0) is 21.4 Å². The van der Waals surface area contributed by atoms with Crippen LogP contribution in [-0.4, -0.2) is 83.7 Å². The van der Waals surface area contributed by atoms with Gasteiger partial charge in [-0.1, -0.05) is 12.1 Å². The predicted octanol–water partition coefficient (Wildman–Crippen LogP) is 4.90. The Balaban J connectivity index is 1.25. The molecule has 1 aliphatic rings. The van der Waals surface area contributed by atoms with E-state index in [1.165, 1.54) is 25.4 Å². The van der Waals surface area contributed by atoms with E-state index in [9.17, 15) is 18.0 Å². The summed E-state index contributed by atoms with van der Waals surface area (Å²) in [7, 11) is 1.53. The number of alkyl halides is 3. The molecule has 2 aromatic carbocycles. The van der Waals surface area contributed by atoms with Gasteiger partial charge < -0.3 is 19.5 Å². The van der Waals surface area contributed by atoms with E-state index in [0.29, 0.717) is 53.6 Å². The number of rotatable bonds is 10. The SMILES string of the molecule is COc1cc2nc(-c3ccc(CC(=O)Nc4cc(C(C)(C)C(F)(F)F)n[nH]4)c(F)c3)cnc2cc1OCCN1CCOCC1. The molecule has 0 unspecified atom stereocenters. The molecule has 0 aliphatic carbocycles. The summed E-state index contributed by atoms with van der Waals surface area (Å²) in [5, 5.41) is 8.49. The minimum absolute atomic E-state index is 0.0214. The van der Waals surface area contributed by atoms with E-state index in [0.717, 1.165) is 39.5 Å². The number of nitrogens with zero attached hydrogens (tertiary/aromatic N) is 4. The first kappa shape index (κ1) is 31.1. The summed E-state index contributed by atoms with van der Waals surface area (Å²) in [6.07, 6.45) is -3.36. The zero-order valence-electron chi connectivity index (χ0n) is 24.4. The van der Waals surface area contributed by atoms with Gasteiger partial charge in [0.2, 0.25) is 5.91 Å². The largest absolute Gasteiger partial charge is 0.493 e. The molecule has 5 rings (SSSR count). The third kappa shape index (κ3) is 6.91. The number of aromatic amines is 1. The molecule has 234 valence electrons. The molecule has 3 heterocycles. The number of nitrogens with one attached hydrogen (secondary N) is 2. The molecule has 2 N–H and O–H groups in total. The number of methoxy groups -OCH3 is 1. The van der Waals surface area contributed by atoms with Crippen molar-refractivity contribution in [1.82, 2.24) is 25.1 Å². The molecule has 0 atom stereocenters. The zero-order chi connectivity index (χ0) is 31.5. The highest BCUT2D eigenvalue weighted by molar-refractivity contribution is 5.91. The van der Waals surface area contributed by atoms with E-state index >= 15 is 4.39 Å². The number of fused-ring (bicyclic) bond motifs is 1. The van der Waals surface area contributed by atoms with Crippen molar-refractivity contribution < 1.29 is 36.6 Å². The van der Waals surface area contributed by atoms with Gasteiger partial charge >= 0.3 is 6.18 Å². The Labute approximate surface area is 250 Å². The second-order valence-electron chi connectivity index (χ2n) is 10.9. The lowest BCUT2D eigenvalue weighted by Gasteiger charge is -2.26. The second-order valence-corrected chi connectivity index (χ2v) is 10.9. The number of aromatic nitrogens is 4. The molecule has 0 bridgehead atoms. The Hall–Kier alpha value is -4.30. The molecule has 1 saturated heterocycles. The van der Waals surface area contributed by atoms with Crippen molar-refractivity contribution in [2.45, 2.75) is 31.9 Å². The van der Waals surface area contributed by atoms with Crippen molar-refractivity contribution in [3.63, 3.8) is 0 Å². The maximum Gasteiger partial charge on any atom is 0.399 e. The summed E-state index contributed by atoms with van der Waals surface area (Å²) in [5.41, 5.74) is -0.453. The van der Waals surface area contributed by atoms with Crippen molar-refractivity contribution in [2.24, 2.45) is 0 Å². The number of hydrogen-bond donors (Lipinski definition) is 2. The standard InChI is InChI=1S/C30H32F4N6O4/c1-29(2,30(32,33)34)26-16-27(39-38-26)37-28(41)13-18-4-5-19(12-20(18)31)23-17-35-21-14-25(24(42-3)15-22(21)36-23)44-11-8-40-6-9-43-10-7-40/h4-5,12,14-17H,6-11,13H2,1-3H3,(H2,37,38,39,41). The van der Waals surface area contributed by atoms with Gasteiger partial charge in [0.15, 0.2) is 11.5 Å². The van der Waals surface area contributed by atoms with Gasteiger partial charge in [0, 0.05) is 43.4 Å². The van der Waals surface area contributed by atoms with Crippen LogP contribution in [0, 0.1) is 5.82 Å². The maximum absolute atomic E-state index is 15.0. The minimum atomic E-state index is -4.53. The van der Waals surface area contributed by atoms with Gasteiger partial charge in [-0.15, -0.1) is 0 Å². The Morgan fingerprint density at radius 3 is 2.55 bits per heavy atom. The van der Waals surface area contributed by atoms with Crippen LogP contribution in [0.2, 0.25) is 0 Å². The maximum atomic E-state index is 15.0. The number of ether oxygens (including phenoxy) is 3. The van der Waals surface area contributed by atoms with Crippen LogP contribution < -0.4 is 14.8 Å². The fraction of sp³-hybridized carbons (Fsp3) is 0.400. The molecule has 4 aromatic rings. The van der Waals surface area contributed by atoms with Crippen molar-refractivity contribution in [3.05, 3.63) is 59.7 Å². The number of halogens is 4. The molecule has 10 nitrogen and oxygen atoms in total. The van der Waals surface area contributed by atoms with Crippen LogP contribution in [0.25, 0.3) is 22.3 Å². The third-order valence-electron chi connectivity index (χ3n) is 7.50. The summed E-state index contributed by atoms with van der Waals surface area (Å²) >= 11 is 0. The Morgan fingerprint density at radius 2 is 1.84 bits per heavy atom. The fourth-order valence-electron chi connectivity index (χ4n) is 4.61. The van der Waals surface area contributed by atoms with Gasteiger partial charge in [-0.25, -0.2) is 9.37 Å². The summed E-state index contributed by atoms with van der Waals surface area (Å²) in [6, 6.07) is 8.88. The van der Waals surface area contributed by atoms with Crippen LogP contribution in [0.4, 0.5) is 23.4 Å². The van der Waals surface area contributed by atoms with Crippen LogP contribution >= 0.6 is 0 Å². The van der Waals surface area contributed by atoms with Gasteiger partial charge in [0.05, 0.1) is 55.4 Å². The lowest BCUT2D eigenvalue weighted by atomic mass is 9.89. The van der Waals surface area contributed by atoms with Crippen molar-refractivity contribution in [2.75, 3.05) is 51.9 Å². The van der Waals surface area contributed by atoms with E-state index < -0.39 is 23.3 Å². The van der Waals surface area contributed by atoms with Crippen molar-refractivity contribution in [3.8, 4) is 22.8 Å². The highest BCUT2D eigenvalue weighted by atomic mass is 19.4. The number of morpholine rings is 1. The van der Waals surface area contributed by atoms with E-state index in [4.69, 9.17) is 14.2 Å². The van der Waals surface area contributed by atoms with Gasteiger partial charge in [-0.3, -0.25) is 19.8 Å².